The molecule has 1 saturated heterocycles. The van der Waals surface area contributed by atoms with Crippen molar-refractivity contribution in [3.05, 3.63) is 71.8 Å². The summed E-state index contributed by atoms with van der Waals surface area (Å²) in [5.74, 6) is -0.922. The molecule has 1 aliphatic heterocycles. The van der Waals surface area contributed by atoms with Crippen molar-refractivity contribution in [1.29, 1.82) is 0 Å². The Hall–Kier alpha value is -2.64. The second-order valence-corrected chi connectivity index (χ2v) is 6.12. The summed E-state index contributed by atoms with van der Waals surface area (Å²) in [6, 6.07) is 17.4. The van der Waals surface area contributed by atoms with Crippen molar-refractivity contribution in [1.82, 2.24) is 0 Å². The summed E-state index contributed by atoms with van der Waals surface area (Å²) >= 11 is 0. The first-order valence-electron chi connectivity index (χ1n) is 8.92. The van der Waals surface area contributed by atoms with E-state index in [0.717, 1.165) is 0 Å². The summed E-state index contributed by atoms with van der Waals surface area (Å²) in [5, 5.41) is 0. The number of carbonyl (C=O) groups is 2. The Morgan fingerprint density at radius 1 is 1.00 bits per heavy atom. The van der Waals surface area contributed by atoms with Crippen LogP contribution in [0.15, 0.2) is 60.7 Å². The molecule has 0 radical (unpaired) electrons. The van der Waals surface area contributed by atoms with Crippen LogP contribution in [-0.4, -0.2) is 44.5 Å². The molecule has 7 heteroatoms. The zero-order chi connectivity index (χ0) is 19.1. The van der Waals surface area contributed by atoms with Crippen molar-refractivity contribution < 1.29 is 28.4 Å². The lowest BCUT2D eigenvalue weighted by Gasteiger charge is -2.34. The lowest BCUT2D eigenvalue weighted by molar-refractivity contribution is -0.0836. The molecular weight excluding hydrogens is 347 g/mol. The predicted octanol–water partition coefficient (Wildman–Crippen LogP) is 2.99. The van der Waals surface area contributed by atoms with Gasteiger partial charge in [-0.1, -0.05) is 43.3 Å². The van der Waals surface area contributed by atoms with Gasteiger partial charge in [-0.15, -0.1) is 0 Å². The molecule has 0 spiro atoms. The number of carbonyl (C=O) groups excluding carboxylic acids is 2. The SMILES string of the molecule is CCB1OCC(OC(=O)c2ccccc2)C(COC(=O)c2ccccc2)O1. The zero-order valence-corrected chi connectivity index (χ0v) is 15.1. The van der Waals surface area contributed by atoms with Crippen LogP contribution < -0.4 is 0 Å². The number of esters is 2. The van der Waals surface area contributed by atoms with Gasteiger partial charge in [0.1, 0.15) is 12.7 Å². The van der Waals surface area contributed by atoms with Gasteiger partial charge in [-0.3, -0.25) is 0 Å². The van der Waals surface area contributed by atoms with E-state index < -0.39 is 31.3 Å². The third kappa shape index (κ3) is 5.18. The smallest absolute Gasteiger partial charge is 0.457 e. The second-order valence-electron chi connectivity index (χ2n) is 6.12. The first-order chi connectivity index (χ1) is 13.2. The highest BCUT2D eigenvalue weighted by atomic mass is 16.7. The summed E-state index contributed by atoms with van der Waals surface area (Å²) in [5.41, 5.74) is 0.893. The van der Waals surface area contributed by atoms with Crippen LogP contribution in [0.5, 0.6) is 0 Å². The Morgan fingerprint density at radius 3 is 2.19 bits per heavy atom. The number of hydrogen-bond acceptors (Lipinski definition) is 6. The molecule has 0 amide bonds. The monoisotopic (exact) mass is 368 g/mol. The van der Waals surface area contributed by atoms with E-state index in [1.165, 1.54) is 0 Å². The first-order valence-corrected chi connectivity index (χ1v) is 8.92. The second kappa shape index (κ2) is 9.34. The van der Waals surface area contributed by atoms with Crippen LogP contribution in [0.3, 0.4) is 0 Å². The van der Waals surface area contributed by atoms with Gasteiger partial charge in [-0.25, -0.2) is 9.59 Å². The average molecular weight is 368 g/mol. The Morgan fingerprint density at radius 2 is 1.59 bits per heavy atom. The van der Waals surface area contributed by atoms with E-state index in [4.69, 9.17) is 18.8 Å². The van der Waals surface area contributed by atoms with E-state index in [0.29, 0.717) is 17.4 Å². The van der Waals surface area contributed by atoms with Gasteiger partial charge < -0.3 is 18.8 Å². The van der Waals surface area contributed by atoms with Gasteiger partial charge >= 0.3 is 19.1 Å². The molecule has 0 N–H and O–H groups in total. The van der Waals surface area contributed by atoms with Crippen LogP contribution in [-0.2, 0) is 18.8 Å². The molecule has 1 fully saturated rings. The third-order valence-corrected chi connectivity index (χ3v) is 4.18. The molecule has 0 aliphatic carbocycles. The molecule has 140 valence electrons. The lowest BCUT2D eigenvalue weighted by Crippen LogP contribution is -2.50. The molecule has 0 aromatic heterocycles. The molecule has 1 heterocycles. The van der Waals surface area contributed by atoms with Crippen molar-refractivity contribution >= 4 is 19.1 Å². The van der Waals surface area contributed by atoms with Gasteiger partial charge in [0.05, 0.1) is 17.7 Å². The lowest BCUT2D eigenvalue weighted by atomic mass is 9.83. The minimum atomic E-state index is -0.663. The highest BCUT2D eigenvalue weighted by Gasteiger charge is 2.37. The molecule has 3 rings (SSSR count). The maximum absolute atomic E-state index is 12.3. The molecule has 2 unspecified atom stereocenters. The van der Waals surface area contributed by atoms with E-state index in [1.807, 2.05) is 19.1 Å². The fourth-order valence-electron chi connectivity index (χ4n) is 2.70. The summed E-state index contributed by atoms with van der Waals surface area (Å²) < 4.78 is 22.3. The van der Waals surface area contributed by atoms with Gasteiger partial charge in [-0.2, -0.15) is 0 Å². The predicted molar refractivity (Wildman–Crippen MR) is 99.4 cm³/mol. The van der Waals surface area contributed by atoms with Crippen molar-refractivity contribution in [3.63, 3.8) is 0 Å². The van der Waals surface area contributed by atoms with E-state index in [-0.39, 0.29) is 13.2 Å². The van der Waals surface area contributed by atoms with Crippen LogP contribution in [0.25, 0.3) is 0 Å². The van der Waals surface area contributed by atoms with Gasteiger partial charge in [0.15, 0.2) is 6.10 Å². The maximum atomic E-state index is 12.3. The Labute approximate surface area is 158 Å². The van der Waals surface area contributed by atoms with Crippen molar-refractivity contribution in [2.75, 3.05) is 13.2 Å². The highest BCUT2D eigenvalue weighted by Crippen LogP contribution is 2.19. The minimum Gasteiger partial charge on any atom is -0.459 e. The van der Waals surface area contributed by atoms with Gasteiger partial charge in [0.25, 0.3) is 0 Å². The van der Waals surface area contributed by atoms with E-state index in [1.54, 1.807) is 48.5 Å². The summed E-state index contributed by atoms with van der Waals surface area (Å²) in [7, 11) is -0.419. The summed E-state index contributed by atoms with van der Waals surface area (Å²) in [6.07, 6.45) is -0.615. The number of benzene rings is 2. The minimum absolute atomic E-state index is 0.0275. The molecule has 0 saturated carbocycles. The number of ether oxygens (including phenoxy) is 2. The largest absolute Gasteiger partial charge is 0.459 e. The topological polar surface area (TPSA) is 71.1 Å². The molecule has 27 heavy (non-hydrogen) atoms. The quantitative estimate of drug-likeness (QED) is 0.577. The van der Waals surface area contributed by atoms with Crippen LogP contribution in [0.2, 0.25) is 6.32 Å². The van der Waals surface area contributed by atoms with Crippen molar-refractivity contribution in [3.8, 4) is 0 Å². The normalized spacial score (nSPS) is 19.4. The average Bonchev–Trinajstić information content (AvgIpc) is 2.74. The molecule has 6 nitrogen and oxygen atoms in total. The van der Waals surface area contributed by atoms with Crippen molar-refractivity contribution in [2.24, 2.45) is 0 Å². The van der Waals surface area contributed by atoms with E-state index in [9.17, 15) is 9.59 Å². The Kier molecular flexibility index (Phi) is 6.62. The summed E-state index contributed by atoms with van der Waals surface area (Å²) in [4.78, 5) is 24.5. The van der Waals surface area contributed by atoms with Gasteiger partial charge in [-0.05, 0) is 30.6 Å². The maximum Gasteiger partial charge on any atom is 0.457 e. The van der Waals surface area contributed by atoms with Crippen molar-refractivity contribution in [2.45, 2.75) is 25.5 Å². The van der Waals surface area contributed by atoms with E-state index >= 15 is 0 Å². The van der Waals surface area contributed by atoms with Crippen LogP contribution in [0.1, 0.15) is 27.6 Å². The fourth-order valence-corrected chi connectivity index (χ4v) is 2.70. The number of rotatable bonds is 6. The molecule has 1 aliphatic rings. The standard InChI is InChI=1S/C20H21BO6/c1-2-21-25-14-17(26-20(23)16-11-7-4-8-12-16)18(27-21)13-24-19(22)15-9-5-3-6-10-15/h3-12,17-18H,2,13-14H2,1H3. The zero-order valence-electron chi connectivity index (χ0n) is 15.1. The molecule has 2 atom stereocenters. The molecule has 0 bridgehead atoms. The fraction of sp³-hybridized carbons (Fsp3) is 0.300. The van der Waals surface area contributed by atoms with Gasteiger partial charge in [0, 0.05) is 0 Å². The van der Waals surface area contributed by atoms with Crippen LogP contribution in [0, 0.1) is 0 Å². The highest BCUT2D eigenvalue weighted by molar-refractivity contribution is 6.44. The molecule has 2 aromatic rings. The van der Waals surface area contributed by atoms with Crippen LogP contribution >= 0.6 is 0 Å². The van der Waals surface area contributed by atoms with Crippen LogP contribution in [0.4, 0.5) is 0 Å². The van der Waals surface area contributed by atoms with Gasteiger partial charge in [0.2, 0.25) is 0 Å². The Bertz CT molecular complexity index is 752. The third-order valence-electron chi connectivity index (χ3n) is 4.18. The number of hydrogen-bond donors (Lipinski definition) is 0. The molecular formula is C20H21BO6. The summed E-state index contributed by atoms with van der Waals surface area (Å²) in [6.45, 7) is 2.08. The van der Waals surface area contributed by atoms with E-state index in [2.05, 4.69) is 0 Å². The molecule has 2 aromatic carbocycles. The Balaban J connectivity index is 1.63. The first kappa shape index (κ1) is 19.1.